The summed E-state index contributed by atoms with van der Waals surface area (Å²) < 4.78 is 4.89. The summed E-state index contributed by atoms with van der Waals surface area (Å²) in [7, 11) is 0. The van der Waals surface area contributed by atoms with Gasteiger partial charge in [0.2, 0.25) is 0 Å². The molecule has 0 aromatic carbocycles. The third kappa shape index (κ3) is 2.79. The third-order valence-corrected chi connectivity index (χ3v) is 3.08. The smallest absolute Gasteiger partial charge is 0.308 e. The van der Waals surface area contributed by atoms with Crippen molar-refractivity contribution in [3.8, 4) is 0 Å². The molecular formula is C9H13BrO3. The highest BCUT2D eigenvalue weighted by Crippen LogP contribution is 2.27. The van der Waals surface area contributed by atoms with Crippen molar-refractivity contribution in [1.29, 1.82) is 0 Å². The molecule has 1 aliphatic carbocycles. The Morgan fingerprint density at radius 1 is 1.69 bits per heavy atom. The fourth-order valence-corrected chi connectivity index (χ4v) is 2.13. The van der Waals surface area contributed by atoms with Crippen LogP contribution in [0.1, 0.15) is 26.2 Å². The van der Waals surface area contributed by atoms with Gasteiger partial charge in [-0.2, -0.15) is 0 Å². The van der Waals surface area contributed by atoms with Crippen LogP contribution < -0.4 is 0 Å². The summed E-state index contributed by atoms with van der Waals surface area (Å²) in [6.45, 7) is 2.20. The van der Waals surface area contributed by atoms with Gasteiger partial charge in [-0.15, -0.1) is 0 Å². The average Bonchev–Trinajstić information content (AvgIpc) is 2.10. The molecule has 0 saturated heterocycles. The van der Waals surface area contributed by atoms with E-state index in [0.29, 0.717) is 25.9 Å². The number of ketones is 1. The minimum Gasteiger partial charge on any atom is -0.466 e. The lowest BCUT2D eigenvalue weighted by atomic mass is 9.88. The zero-order valence-corrected chi connectivity index (χ0v) is 9.17. The molecule has 0 amide bonds. The number of esters is 1. The van der Waals surface area contributed by atoms with E-state index in [9.17, 15) is 9.59 Å². The van der Waals surface area contributed by atoms with Crippen LogP contribution in [0.4, 0.5) is 0 Å². The van der Waals surface area contributed by atoms with E-state index in [-0.39, 0.29) is 22.5 Å². The van der Waals surface area contributed by atoms with Crippen molar-refractivity contribution in [3.63, 3.8) is 0 Å². The molecule has 0 aromatic heterocycles. The van der Waals surface area contributed by atoms with Crippen molar-refractivity contribution in [2.75, 3.05) is 6.61 Å². The predicted octanol–water partition coefficient (Wildman–Crippen LogP) is 1.68. The Morgan fingerprint density at radius 2 is 2.38 bits per heavy atom. The first-order valence-electron chi connectivity index (χ1n) is 4.48. The van der Waals surface area contributed by atoms with Gasteiger partial charge in [0.1, 0.15) is 5.78 Å². The second-order valence-electron chi connectivity index (χ2n) is 3.16. The van der Waals surface area contributed by atoms with Crippen LogP contribution in [0, 0.1) is 5.92 Å². The normalized spacial score (nSPS) is 28.6. The van der Waals surface area contributed by atoms with Gasteiger partial charge in [-0.05, 0) is 19.8 Å². The van der Waals surface area contributed by atoms with Gasteiger partial charge in [-0.3, -0.25) is 9.59 Å². The van der Waals surface area contributed by atoms with Crippen LogP contribution in [0.2, 0.25) is 0 Å². The molecule has 0 unspecified atom stereocenters. The van der Waals surface area contributed by atoms with E-state index in [1.807, 2.05) is 0 Å². The summed E-state index contributed by atoms with van der Waals surface area (Å²) in [4.78, 5) is 22.3. The second-order valence-corrected chi connectivity index (χ2v) is 4.26. The van der Waals surface area contributed by atoms with E-state index in [0.717, 1.165) is 0 Å². The summed E-state index contributed by atoms with van der Waals surface area (Å²) in [5, 5.41) is 0. The number of ether oxygens (including phenoxy) is 1. The number of hydrogen-bond donors (Lipinski definition) is 0. The SMILES string of the molecule is CCOC(=O)[C@H]1CCC(=O)[C@@H](Br)C1. The molecular weight excluding hydrogens is 236 g/mol. The summed E-state index contributed by atoms with van der Waals surface area (Å²) in [5.41, 5.74) is 0. The molecule has 1 saturated carbocycles. The molecule has 0 aromatic rings. The molecule has 74 valence electrons. The maximum Gasteiger partial charge on any atom is 0.308 e. The highest BCUT2D eigenvalue weighted by molar-refractivity contribution is 9.10. The standard InChI is InChI=1S/C9H13BrO3/c1-2-13-9(12)6-3-4-8(11)7(10)5-6/h6-7H,2-5H2,1H3/t6-,7-/m0/s1. The molecule has 1 rings (SSSR count). The number of carbonyl (C=O) groups excluding carboxylic acids is 2. The quantitative estimate of drug-likeness (QED) is 0.552. The van der Waals surface area contributed by atoms with Gasteiger partial charge in [-0.1, -0.05) is 15.9 Å². The predicted molar refractivity (Wildman–Crippen MR) is 51.7 cm³/mol. The van der Waals surface area contributed by atoms with Crippen molar-refractivity contribution in [2.45, 2.75) is 31.0 Å². The van der Waals surface area contributed by atoms with Gasteiger partial charge < -0.3 is 4.74 Å². The van der Waals surface area contributed by atoms with Crippen molar-refractivity contribution in [1.82, 2.24) is 0 Å². The Balaban J connectivity index is 2.45. The number of carbonyl (C=O) groups is 2. The maximum atomic E-state index is 11.3. The molecule has 2 atom stereocenters. The topological polar surface area (TPSA) is 43.4 Å². The summed E-state index contributed by atoms with van der Waals surface area (Å²) in [6.07, 6.45) is 1.71. The van der Waals surface area contributed by atoms with E-state index in [1.54, 1.807) is 6.92 Å². The van der Waals surface area contributed by atoms with Crippen LogP contribution in [-0.2, 0) is 14.3 Å². The van der Waals surface area contributed by atoms with Crippen molar-refractivity contribution >= 4 is 27.7 Å². The molecule has 4 heteroatoms. The Labute approximate surface area is 86.0 Å². The summed E-state index contributed by atoms with van der Waals surface area (Å²) in [5.74, 6) is -0.0676. The number of alkyl halides is 1. The monoisotopic (exact) mass is 248 g/mol. The first kappa shape index (κ1) is 10.7. The largest absolute Gasteiger partial charge is 0.466 e. The van der Waals surface area contributed by atoms with Crippen LogP contribution in [0.25, 0.3) is 0 Å². The molecule has 1 aliphatic rings. The first-order valence-corrected chi connectivity index (χ1v) is 5.40. The van der Waals surface area contributed by atoms with Gasteiger partial charge in [0.25, 0.3) is 0 Å². The fourth-order valence-electron chi connectivity index (χ4n) is 1.45. The molecule has 0 radical (unpaired) electrons. The summed E-state index contributed by atoms with van der Waals surface area (Å²) in [6, 6.07) is 0. The molecule has 0 heterocycles. The second kappa shape index (κ2) is 4.74. The molecule has 0 N–H and O–H groups in total. The van der Waals surface area contributed by atoms with E-state index < -0.39 is 0 Å². The Hall–Kier alpha value is -0.380. The molecule has 0 bridgehead atoms. The van der Waals surface area contributed by atoms with Crippen LogP contribution >= 0.6 is 15.9 Å². The maximum absolute atomic E-state index is 11.3. The molecule has 1 fully saturated rings. The fraction of sp³-hybridized carbons (Fsp3) is 0.778. The zero-order chi connectivity index (χ0) is 9.84. The Bertz CT molecular complexity index is 215. The highest BCUT2D eigenvalue weighted by atomic mass is 79.9. The number of hydrogen-bond acceptors (Lipinski definition) is 3. The van der Waals surface area contributed by atoms with Crippen molar-refractivity contribution in [2.24, 2.45) is 5.92 Å². The van der Waals surface area contributed by atoms with Crippen LogP contribution in [0.3, 0.4) is 0 Å². The number of Topliss-reactive ketones (excluding diaryl/α,β-unsaturated/α-hetero) is 1. The number of halogens is 1. The molecule has 13 heavy (non-hydrogen) atoms. The van der Waals surface area contributed by atoms with Gasteiger partial charge >= 0.3 is 5.97 Å². The van der Waals surface area contributed by atoms with E-state index >= 15 is 0 Å². The zero-order valence-electron chi connectivity index (χ0n) is 7.59. The highest BCUT2D eigenvalue weighted by Gasteiger charge is 2.31. The minimum absolute atomic E-state index is 0.0953. The minimum atomic E-state index is -0.167. The summed E-state index contributed by atoms with van der Waals surface area (Å²) >= 11 is 3.26. The van der Waals surface area contributed by atoms with E-state index in [4.69, 9.17) is 4.74 Å². The average molecular weight is 249 g/mol. The van der Waals surface area contributed by atoms with Gasteiger partial charge in [0.05, 0.1) is 17.4 Å². The van der Waals surface area contributed by atoms with Crippen LogP contribution in [0.5, 0.6) is 0 Å². The van der Waals surface area contributed by atoms with Crippen molar-refractivity contribution in [3.05, 3.63) is 0 Å². The van der Waals surface area contributed by atoms with Crippen LogP contribution in [0.15, 0.2) is 0 Å². The lowest BCUT2D eigenvalue weighted by Crippen LogP contribution is -2.30. The van der Waals surface area contributed by atoms with Gasteiger partial charge in [0, 0.05) is 6.42 Å². The van der Waals surface area contributed by atoms with Crippen molar-refractivity contribution < 1.29 is 14.3 Å². The van der Waals surface area contributed by atoms with Gasteiger partial charge in [0.15, 0.2) is 0 Å². The number of rotatable bonds is 2. The van der Waals surface area contributed by atoms with Gasteiger partial charge in [-0.25, -0.2) is 0 Å². The molecule has 0 aliphatic heterocycles. The molecule has 3 nitrogen and oxygen atoms in total. The van der Waals surface area contributed by atoms with E-state index in [2.05, 4.69) is 15.9 Å². The van der Waals surface area contributed by atoms with E-state index in [1.165, 1.54) is 0 Å². The first-order chi connectivity index (χ1) is 6.15. The molecule has 0 spiro atoms. The lowest BCUT2D eigenvalue weighted by molar-refractivity contribution is -0.149. The third-order valence-electron chi connectivity index (χ3n) is 2.20. The Kier molecular flexibility index (Phi) is 3.90. The van der Waals surface area contributed by atoms with Crippen LogP contribution in [-0.4, -0.2) is 23.2 Å². The lowest BCUT2D eigenvalue weighted by Gasteiger charge is -2.22. The Morgan fingerprint density at radius 3 is 2.92 bits per heavy atom.